The van der Waals surface area contributed by atoms with Crippen molar-refractivity contribution in [3.63, 3.8) is 0 Å². The van der Waals surface area contributed by atoms with E-state index in [9.17, 15) is 20.1 Å². The molecule has 0 saturated heterocycles. The average Bonchev–Trinajstić information content (AvgIpc) is 2.72. The number of allylic oxidation sites excluding steroid dienone is 7. The number of carbonyl (C=O) groups excluding carboxylic acids is 1. The zero-order chi connectivity index (χ0) is 24.5. The van der Waals surface area contributed by atoms with Crippen LogP contribution in [0.4, 0.5) is 0 Å². The molecule has 0 bridgehead atoms. The molecule has 33 heavy (non-hydrogen) atoms. The molecule has 0 radical (unpaired) electrons. The summed E-state index contributed by atoms with van der Waals surface area (Å²) in [5, 5.41) is 34.0. The highest BCUT2D eigenvalue weighted by Gasteiger charge is 2.44. The molecule has 0 aliphatic heterocycles. The lowest BCUT2D eigenvalue weighted by atomic mass is 9.66. The van der Waals surface area contributed by atoms with Crippen LogP contribution in [0.5, 0.6) is 11.5 Å². The van der Waals surface area contributed by atoms with E-state index in [1.165, 1.54) is 6.08 Å². The third kappa shape index (κ3) is 4.61. The smallest absolute Gasteiger partial charge is 0.170 e. The third-order valence-electron chi connectivity index (χ3n) is 6.30. The molecule has 1 aliphatic rings. The van der Waals surface area contributed by atoms with Crippen LogP contribution in [0.3, 0.4) is 0 Å². The second-order valence-corrected chi connectivity index (χ2v) is 9.75. The fourth-order valence-electron chi connectivity index (χ4n) is 4.34. The van der Waals surface area contributed by atoms with Gasteiger partial charge >= 0.3 is 0 Å². The van der Waals surface area contributed by atoms with E-state index >= 15 is 0 Å². The van der Waals surface area contributed by atoms with Crippen LogP contribution in [0, 0.1) is 0 Å². The fraction of sp³-hybridized carbons (Fsp3) is 0.345. The first-order valence-electron chi connectivity index (χ1n) is 11.3. The SMILES string of the molecule is CC(C)=CCc1ccc2cc3c(c(O)c2c1O)C(O)=CC(=O)C3(CC=C(C)C)CC=C(C)C. The standard InChI is InChI=1S/C29H34O4/c1-17(2)7-8-20-9-10-21-15-22-26(28(33)25(21)27(20)32)23(30)16-24(31)29(22,13-11-18(3)4)14-12-19(5)6/h7,9-12,15-16,30,32-33H,8,13-14H2,1-6H3. The van der Waals surface area contributed by atoms with E-state index in [1.54, 1.807) is 0 Å². The molecule has 2 aromatic carbocycles. The van der Waals surface area contributed by atoms with Crippen molar-refractivity contribution in [2.24, 2.45) is 0 Å². The zero-order valence-electron chi connectivity index (χ0n) is 20.4. The molecule has 174 valence electrons. The van der Waals surface area contributed by atoms with Crippen molar-refractivity contribution < 1.29 is 20.1 Å². The van der Waals surface area contributed by atoms with Crippen LogP contribution in [-0.2, 0) is 16.6 Å². The van der Waals surface area contributed by atoms with Gasteiger partial charge in [-0.1, -0.05) is 47.1 Å². The van der Waals surface area contributed by atoms with Crippen molar-refractivity contribution in [2.45, 2.75) is 66.2 Å². The van der Waals surface area contributed by atoms with E-state index in [0.29, 0.717) is 41.2 Å². The zero-order valence-corrected chi connectivity index (χ0v) is 20.4. The van der Waals surface area contributed by atoms with Crippen molar-refractivity contribution in [3.05, 3.63) is 75.9 Å². The summed E-state index contributed by atoms with van der Waals surface area (Å²) < 4.78 is 0. The minimum absolute atomic E-state index is 0.00537. The first-order valence-corrected chi connectivity index (χ1v) is 11.3. The minimum Gasteiger partial charge on any atom is -0.507 e. The van der Waals surface area contributed by atoms with E-state index in [0.717, 1.165) is 16.7 Å². The maximum absolute atomic E-state index is 13.4. The Labute approximate surface area is 196 Å². The number of phenols is 2. The summed E-state index contributed by atoms with van der Waals surface area (Å²) in [6.45, 7) is 11.9. The summed E-state index contributed by atoms with van der Waals surface area (Å²) in [5.41, 5.74) is 3.86. The number of rotatable bonds is 6. The lowest BCUT2D eigenvalue weighted by Crippen LogP contribution is -2.37. The van der Waals surface area contributed by atoms with Crippen molar-refractivity contribution in [1.82, 2.24) is 0 Å². The second-order valence-electron chi connectivity index (χ2n) is 9.75. The van der Waals surface area contributed by atoms with Crippen molar-refractivity contribution in [2.75, 3.05) is 0 Å². The van der Waals surface area contributed by atoms with Gasteiger partial charge in [-0.2, -0.15) is 0 Å². The molecule has 0 fully saturated rings. The first-order chi connectivity index (χ1) is 15.5. The number of carbonyl (C=O) groups is 1. The van der Waals surface area contributed by atoms with Crippen molar-refractivity contribution in [1.29, 1.82) is 0 Å². The summed E-state index contributed by atoms with van der Waals surface area (Å²) in [7, 11) is 0. The van der Waals surface area contributed by atoms with Gasteiger partial charge in [0.25, 0.3) is 0 Å². The molecular formula is C29H34O4. The average molecular weight is 447 g/mol. The van der Waals surface area contributed by atoms with Crippen molar-refractivity contribution in [3.8, 4) is 11.5 Å². The van der Waals surface area contributed by atoms with Gasteiger partial charge < -0.3 is 15.3 Å². The number of benzene rings is 2. The molecular weight excluding hydrogens is 412 g/mol. The normalized spacial score (nSPS) is 14.4. The van der Waals surface area contributed by atoms with Gasteiger partial charge in [0, 0.05) is 6.08 Å². The largest absolute Gasteiger partial charge is 0.507 e. The fourth-order valence-corrected chi connectivity index (χ4v) is 4.34. The molecule has 0 atom stereocenters. The molecule has 2 aromatic rings. The quantitative estimate of drug-likeness (QED) is 0.410. The van der Waals surface area contributed by atoms with Gasteiger partial charge in [0.05, 0.1) is 16.4 Å². The summed E-state index contributed by atoms with van der Waals surface area (Å²) in [4.78, 5) is 13.4. The third-order valence-corrected chi connectivity index (χ3v) is 6.30. The minimum atomic E-state index is -0.946. The molecule has 1 aliphatic carbocycles. The molecule has 3 N–H and O–H groups in total. The Morgan fingerprint density at radius 3 is 1.97 bits per heavy atom. The summed E-state index contributed by atoms with van der Waals surface area (Å²) in [6.07, 6.45) is 8.71. The van der Waals surface area contributed by atoms with Crippen LogP contribution in [0.1, 0.15) is 71.1 Å². The lowest BCUT2D eigenvalue weighted by molar-refractivity contribution is -0.120. The lowest BCUT2D eigenvalue weighted by Gasteiger charge is -2.36. The molecule has 4 heteroatoms. The number of ketones is 1. The first kappa shape index (κ1) is 24.4. The second kappa shape index (κ2) is 9.30. The van der Waals surface area contributed by atoms with Gasteiger partial charge in [-0.05, 0) is 83.4 Å². The number of hydrogen-bond acceptors (Lipinski definition) is 4. The van der Waals surface area contributed by atoms with Gasteiger partial charge in [0.1, 0.15) is 17.3 Å². The van der Waals surface area contributed by atoms with E-state index < -0.39 is 5.41 Å². The van der Waals surface area contributed by atoms with E-state index in [1.807, 2.05) is 78.0 Å². The van der Waals surface area contributed by atoms with Gasteiger partial charge in [0.2, 0.25) is 0 Å². The molecule has 0 aromatic heterocycles. The Bertz CT molecular complexity index is 1210. The summed E-state index contributed by atoms with van der Waals surface area (Å²) >= 11 is 0. The molecule has 4 nitrogen and oxygen atoms in total. The van der Waals surface area contributed by atoms with Gasteiger partial charge in [-0.25, -0.2) is 0 Å². The molecule has 3 rings (SSSR count). The molecule has 0 spiro atoms. The predicted octanol–water partition coefficient (Wildman–Crippen LogP) is 7.19. The van der Waals surface area contributed by atoms with E-state index in [4.69, 9.17) is 0 Å². The molecule has 0 amide bonds. The Kier molecular flexibility index (Phi) is 6.87. The highest BCUT2D eigenvalue weighted by molar-refractivity contribution is 6.10. The molecule has 0 unspecified atom stereocenters. The number of fused-ring (bicyclic) bond motifs is 2. The highest BCUT2D eigenvalue weighted by Crippen LogP contribution is 2.50. The Morgan fingerprint density at radius 1 is 0.848 bits per heavy atom. The Hall–Kier alpha value is -3.27. The monoisotopic (exact) mass is 446 g/mol. The van der Waals surface area contributed by atoms with Crippen LogP contribution < -0.4 is 0 Å². The van der Waals surface area contributed by atoms with E-state index in [2.05, 4.69) is 0 Å². The number of hydrogen-bond donors (Lipinski definition) is 3. The predicted molar refractivity (Wildman–Crippen MR) is 136 cm³/mol. The topological polar surface area (TPSA) is 77.8 Å². The van der Waals surface area contributed by atoms with Gasteiger partial charge in [-0.15, -0.1) is 0 Å². The van der Waals surface area contributed by atoms with Crippen molar-refractivity contribution >= 4 is 22.3 Å². The van der Waals surface area contributed by atoms with Gasteiger partial charge in [-0.3, -0.25) is 4.79 Å². The van der Waals surface area contributed by atoms with Gasteiger partial charge in [0.15, 0.2) is 5.78 Å². The van der Waals surface area contributed by atoms with Crippen LogP contribution >= 0.6 is 0 Å². The maximum Gasteiger partial charge on any atom is 0.170 e. The maximum atomic E-state index is 13.4. The van der Waals surface area contributed by atoms with Crippen LogP contribution in [0.2, 0.25) is 0 Å². The highest BCUT2D eigenvalue weighted by atomic mass is 16.3. The number of aliphatic hydroxyl groups is 1. The number of aromatic hydroxyl groups is 2. The Balaban J connectivity index is 2.35. The number of phenolic OH excluding ortho intramolecular Hbond substituents is 2. The summed E-state index contributed by atoms with van der Waals surface area (Å²) in [6, 6.07) is 5.54. The van der Waals surface area contributed by atoms with Crippen LogP contribution in [0.25, 0.3) is 16.5 Å². The number of aliphatic hydroxyl groups excluding tert-OH is 1. The van der Waals surface area contributed by atoms with Crippen LogP contribution in [0.15, 0.2) is 59.2 Å². The van der Waals surface area contributed by atoms with E-state index in [-0.39, 0.29) is 28.6 Å². The molecule has 0 heterocycles. The summed E-state index contributed by atoms with van der Waals surface area (Å²) in [5.74, 6) is -0.660. The Morgan fingerprint density at radius 2 is 1.42 bits per heavy atom. The van der Waals surface area contributed by atoms with Crippen LogP contribution in [-0.4, -0.2) is 21.1 Å². The molecule has 0 saturated carbocycles.